The molecule has 0 fully saturated rings. The normalized spacial score (nSPS) is 18.9. The van der Waals surface area contributed by atoms with Gasteiger partial charge in [0.05, 0.1) is 15.2 Å². The minimum atomic E-state index is -3.04. The van der Waals surface area contributed by atoms with Crippen molar-refractivity contribution in [3.63, 3.8) is 0 Å². The first-order chi connectivity index (χ1) is 9.03. The molecule has 1 atom stereocenters. The highest BCUT2D eigenvalue weighted by Gasteiger charge is 2.14. The van der Waals surface area contributed by atoms with E-state index >= 15 is 0 Å². The van der Waals surface area contributed by atoms with Crippen LogP contribution in [0.3, 0.4) is 0 Å². The van der Waals surface area contributed by atoms with Crippen molar-refractivity contribution in [1.29, 1.82) is 0 Å². The maximum atomic E-state index is 12.7. The van der Waals surface area contributed by atoms with Gasteiger partial charge in [-0.1, -0.05) is 19.1 Å². The largest absolute Gasteiger partial charge is 0.466 e. The quantitative estimate of drug-likeness (QED) is 0.721. The van der Waals surface area contributed by atoms with Crippen molar-refractivity contribution in [2.45, 2.75) is 20.2 Å². The van der Waals surface area contributed by atoms with Crippen LogP contribution >= 0.6 is 0 Å². The number of ether oxygens (including phenoxy) is 1. The van der Waals surface area contributed by atoms with Gasteiger partial charge in [0.15, 0.2) is 0 Å². The molecule has 0 aliphatic carbocycles. The van der Waals surface area contributed by atoms with Crippen LogP contribution in [0.15, 0.2) is 24.3 Å². The van der Waals surface area contributed by atoms with Crippen LogP contribution < -0.4 is 0 Å². The number of esters is 1. The Bertz CT molecular complexity index is 470. The first-order valence-electron chi connectivity index (χ1n) is 7.00. The molecule has 0 saturated heterocycles. The fourth-order valence-electron chi connectivity index (χ4n) is 1.21. The molecule has 0 aromatic heterocycles. The minimum Gasteiger partial charge on any atom is -0.466 e. The lowest BCUT2D eigenvalue weighted by Gasteiger charge is -2.10. The van der Waals surface area contributed by atoms with Crippen molar-refractivity contribution in [3.05, 3.63) is 35.6 Å². The second kappa shape index (κ2) is 5.49. The van der Waals surface area contributed by atoms with Gasteiger partial charge in [-0.05, 0) is 31.0 Å². The molecule has 0 radical (unpaired) electrons. The van der Waals surface area contributed by atoms with E-state index in [4.69, 9.17) is 6.85 Å². The highest BCUT2D eigenvalue weighted by atomic mass is 19.1. The highest BCUT2D eigenvalue weighted by Crippen LogP contribution is 2.10. The summed E-state index contributed by atoms with van der Waals surface area (Å²) in [5.74, 6) is -2.09. The molecule has 0 saturated carbocycles. The van der Waals surface area contributed by atoms with E-state index in [-0.39, 0.29) is 6.42 Å². The van der Waals surface area contributed by atoms with Crippen LogP contribution in [0.2, 0.25) is 0 Å². The van der Waals surface area contributed by atoms with E-state index in [2.05, 4.69) is 4.74 Å². The summed E-state index contributed by atoms with van der Waals surface area (Å²) in [6.45, 7) is -4.58. The number of hydrogen-bond acceptors (Lipinski definition) is 2. The van der Waals surface area contributed by atoms with Gasteiger partial charge in [-0.2, -0.15) is 0 Å². The summed E-state index contributed by atoms with van der Waals surface area (Å²) < 4.78 is 52.5. The maximum Gasteiger partial charge on any atom is 0.308 e. The first kappa shape index (κ1) is 6.26. The number of carbonyl (C=O) groups is 1. The third-order valence-electron chi connectivity index (χ3n) is 2.01. The lowest BCUT2D eigenvalue weighted by Crippen LogP contribution is -2.16. The molecule has 0 N–H and O–H groups in total. The molecular formula is C12H15FO2. The average molecular weight is 215 g/mol. The zero-order valence-electron chi connectivity index (χ0n) is 13.3. The topological polar surface area (TPSA) is 26.3 Å². The van der Waals surface area contributed by atoms with E-state index in [1.807, 2.05) is 0 Å². The molecule has 0 unspecified atom stereocenters. The molecule has 0 aliphatic rings. The molecule has 0 bridgehead atoms. The van der Waals surface area contributed by atoms with Crippen LogP contribution in [0.25, 0.3) is 0 Å². The van der Waals surface area contributed by atoms with Gasteiger partial charge < -0.3 is 4.74 Å². The molecule has 82 valence electrons. The maximum absolute atomic E-state index is 12.7. The predicted molar refractivity (Wildman–Crippen MR) is 55.9 cm³/mol. The van der Waals surface area contributed by atoms with Gasteiger partial charge in [-0.15, -0.1) is 0 Å². The number of rotatable bonds is 4. The third-order valence-corrected chi connectivity index (χ3v) is 2.01. The van der Waals surface area contributed by atoms with Gasteiger partial charge in [0.2, 0.25) is 0 Å². The van der Waals surface area contributed by atoms with Gasteiger partial charge >= 0.3 is 5.97 Å². The summed E-state index contributed by atoms with van der Waals surface area (Å²) >= 11 is 0. The van der Waals surface area contributed by atoms with Crippen molar-refractivity contribution in [3.8, 4) is 0 Å². The molecule has 2 nitrogen and oxygen atoms in total. The molecule has 0 amide bonds. The number of halogens is 1. The summed E-state index contributed by atoms with van der Waals surface area (Å²) in [6, 6.07) is 5.49. The molecular weight excluding hydrogens is 195 g/mol. The zero-order chi connectivity index (χ0) is 15.6. The number of hydrogen-bond donors (Lipinski definition) is 0. The monoisotopic (exact) mass is 215 g/mol. The Balaban J connectivity index is 2.66. The summed E-state index contributed by atoms with van der Waals surface area (Å²) in [4.78, 5) is 11.7. The zero-order valence-corrected chi connectivity index (χ0v) is 8.29. The van der Waals surface area contributed by atoms with Gasteiger partial charge in [-0.3, -0.25) is 4.79 Å². The third kappa shape index (κ3) is 3.70. The van der Waals surface area contributed by atoms with E-state index in [0.29, 0.717) is 5.56 Å². The van der Waals surface area contributed by atoms with Crippen LogP contribution in [-0.4, -0.2) is 12.5 Å². The van der Waals surface area contributed by atoms with Crippen LogP contribution in [0.4, 0.5) is 4.39 Å². The summed E-state index contributed by atoms with van der Waals surface area (Å²) in [5, 5.41) is 0. The Morgan fingerprint density at radius 3 is 2.87 bits per heavy atom. The SMILES string of the molecule is [2H]C([2H])([2H])C([2H])([2H])OC(=O)[C@@H](C)Cc1ccc(F)cc1. The fourth-order valence-corrected chi connectivity index (χ4v) is 1.21. The van der Waals surface area contributed by atoms with Gasteiger partial charge in [0, 0.05) is 4.11 Å². The van der Waals surface area contributed by atoms with Crippen LogP contribution in [-0.2, 0) is 16.0 Å². The Kier molecular flexibility index (Phi) is 2.29. The van der Waals surface area contributed by atoms with E-state index in [1.54, 1.807) is 0 Å². The molecule has 1 aromatic rings. The molecule has 3 heteroatoms. The molecule has 0 heterocycles. The Morgan fingerprint density at radius 1 is 1.60 bits per heavy atom. The molecule has 0 aliphatic heterocycles. The van der Waals surface area contributed by atoms with Gasteiger partial charge in [0.1, 0.15) is 5.82 Å². The lowest BCUT2D eigenvalue weighted by atomic mass is 10.0. The second-order valence-electron chi connectivity index (χ2n) is 3.25. The van der Waals surface area contributed by atoms with E-state index < -0.39 is 31.1 Å². The summed E-state index contributed by atoms with van der Waals surface area (Å²) in [7, 11) is 0. The van der Waals surface area contributed by atoms with E-state index in [9.17, 15) is 9.18 Å². The Morgan fingerprint density at radius 2 is 2.27 bits per heavy atom. The Labute approximate surface area is 96.1 Å². The standard InChI is InChI=1S/C12H15FO2/c1-3-15-12(14)9(2)8-10-4-6-11(13)7-5-10/h4-7,9H,3,8H2,1-2H3/t9-/m0/s1/i1D3,3D2. The van der Waals surface area contributed by atoms with E-state index in [0.717, 1.165) is 0 Å². The van der Waals surface area contributed by atoms with Crippen molar-refractivity contribution in [2.24, 2.45) is 5.92 Å². The summed E-state index contributed by atoms with van der Waals surface area (Å²) in [6.07, 6.45) is 0.205. The van der Waals surface area contributed by atoms with Gasteiger partial charge in [-0.25, -0.2) is 4.39 Å². The molecule has 15 heavy (non-hydrogen) atoms. The van der Waals surface area contributed by atoms with Gasteiger partial charge in [0.25, 0.3) is 0 Å². The number of benzene rings is 1. The highest BCUT2D eigenvalue weighted by molar-refractivity contribution is 5.72. The molecule has 1 rings (SSSR count). The number of carbonyl (C=O) groups excluding carboxylic acids is 1. The smallest absolute Gasteiger partial charge is 0.308 e. The first-order valence-corrected chi connectivity index (χ1v) is 4.50. The van der Waals surface area contributed by atoms with Crippen LogP contribution in [0, 0.1) is 11.7 Å². The minimum absolute atomic E-state index is 0.205. The second-order valence-corrected chi connectivity index (χ2v) is 3.25. The van der Waals surface area contributed by atoms with Crippen LogP contribution in [0.5, 0.6) is 0 Å². The fraction of sp³-hybridized carbons (Fsp3) is 0.417. The molecule has 0 spiro atoms. The van der Waals surface area contributed by atoms with Crippen LogP contribution in [0.1, 0.15) is 26.2 Å². The molecule has 1 aromatic carbocycles. The average Bonchev–Trinajstić information content (AvgIpc) is 2.30. The summed E-state index contributed by atoms with van der Waals surface area (Å²) in [5.41, 5.74) is 0.672. The Hall–Kier alpha value is -1.38. The van der Waals surface area contributed by atoms with Crippen molar-refractivity contribution >= 4 is 5.97 Å². The van der Waals surface area contributed by atoms with Crippen molar-refractivity contribution in [2.75, 3.05) is 6.56 Å². The van der Waals surface area contributed by atoms with E-state index in [1.165, 1.54) is 31.2 Å². The lowest BCUT2D eigenvalue weighted by molar-refractivity contribution is -0.147. The van der Waals surface area contributed by atoms with Crippen molar-refractivity contribution in [1.82, 2.24) is 0 Å². The van der Waals surface area contributed by atoms with Crippen molar-refractivity contribution < 1.29 is 20.8 Å². The predicted octanol–water partition coefficient (Wildman–Crippen LogP) is 2.57.